The highest BCUT2D eigenvalue weighted by atomic mass is 32.1. The van der Waals surface area contributed by atoms with E-state index in [1.165, 1.54) is 11.3 Å². The number of hydrogen-bond donors (Lipinski definition) is 2. The second kappa shape index (κ2) is 8.53. The molecule has 0 unspecified atom stereocenters. The number of carbonyl (C=O) groups excluding carboxylic acids is 1. The third-order valence-electron chi connectivity index (χ3n) is 2.98. The van der Waals surface area contributed by atoms with Gasteiger partial charge in [0.25, 0.3) is 5.91 Å². The lowest BCUT2D eigenvalue weighted by atomic mass is 10.2. The molecule has 0 bridgehead atoms. The molecule has 0 spiro atoms. The van der Waals surface area contributed by atoms with Crippen molar-refractivity contribution in [2.45, 2.75) is 12.7 Å². The molecule has 6 heteroatoms. The molecule has 1 amide bonds. The molecule has 0 aliphatic heterocycles. The molecule has 0 fully saturated rings. The molecule has 0 aliphatic carbocycles. The van der Waals surface area contributed by atoms with E-state index >= 15 is 0 Å². The maximum absolute atomic E-state index is 11.7. The number of aliphatic hydroxyl groups is 1. The van der Waals surface area contributed by atoms with Crippen LogP contribution in [0.5, 0.6) is 5.75 Å². The highest BCUT2D eigenvalue weighted by molar-refractivity contribution is 7.12. The SMILES string of the molecule is COc1ccc(COC[C@@H](O)CNC(=O)c2cccs2)cc1. The number of hydrogen-bond acceptors (Lipinski definition) is 5. The molecule has 1 heterocycles. The standard InChI is InChI=1S/C16H19NO4S/c1-20-14-6-4-12(5-7-14)10-21-11-13(18)9-17-16(19)15-3-2-8-22-15/h2-8,13,18H,9-11H2,1H3,(H,17,19)/t13-/m0/s1. The molecule has 0 radical (unpaired) electrons. The minimum Gasteiger partial charge on any atom is -0.497 e. The second-order valence-corrected chi connectivity index (χ2v) is 5.65. The smallest absolute Gasteiger partial charge is 0.261 e. The maximum atomic E-state index is 11.7. The van der Waals surface area contributed by atoms with Crippen molar-refractivity contribution in [3.8, 4) is 5.75 Å². The van der Waals surface area contributed by atoms with E-state index in [-0.39, 0.29) is 19.1 Å². The summed E-state index contributed by atoms with van der Waals surface area (Å²) >= 11 is 1.37. The van der Waals surface area contributed by atoms with Crippen molar-refractivity contribution >= 4 is 17.2 Å². The van der Waals surface area contributed by atoms with Gasteiger partial charge < -0.3 is 19.9 Å². The molecule has 118 valence electrons. The number of carbonyl (C=O) groups is 1. The van der Waals surface area contributed by atoms with E-state index in [9.17, 15) is 9.90 Å². The van der Waals surface area contributed by atoms with Gasteiger partial charge in [-0.05, 0) is 29.1 Å². The third-order valence-corrected chi connectivity index (χ3v) is 3.85. The number of benzene rings is 1. The Kier molecular flexibility index (Phi) is 6.39. The molecule has 2 aromatic rings. The van der Waals surface area contributed by atoms with Crippen molar-refractivity contribution in [1.82, 2.24) is 5.32 Å². The number of ether oxygens (including phenoxy) is 2. The van der Waals surface area contributed by atoms with Crippen LogP contribution < -0.4 is 10.1 Å². The van der Waals surface area contributed by atoms with E-state index in [1.807, 2.05) is 35.7 Å². The lowest BCUT2D eigenvalue weighted by Gasteiger charge is -2.12. The highest BCUT2D eigenvalue weighted by Gasteiger charge is 2.09. The summed E-state index contributed by atoms with van der Waals surface area (Å²) in [7, 11) is 1.62. The van der Waals surface area contributed by atoms with Gasteiger partial charge in [0.15, 0.2) is 0 Å². The van der Waals surface area contributed by atoms with Crippen molar-refractivity contribution in [2.24, 2.45) is 0 Å². The van der Waals surface area contributed by atoms with Crippen LogP contribution in [0.2, 0.25) is 0 Å². The molecule has 0 saturated heterocycles. The zero-order valence-corrected chi connectivity index (χ0v) is 13.1. The monoisotopic (exact) mass is 321 g/mol. The second-order valence-electron chi connectivity index (χ2n) is 4.70. The van der Waals surface area contributed by atoms with Crippen molar-refractivity contribution < 1.29 is 19.4 Å². The average molecular weight is 321 g/mol. The van der Waals surface area contributed by atoms with Crippen LogP contribution in [0.3, 0.4) is 0 Å². The summed E-state index contributed by atoms with van der Waals surface area (Å²) in [5.41, 5.74) is 0.996. The van der Waals surface area contributed by atoms with Gasteiger partial charge in [-0.15, -0.1) is 11.3 Å². The first-order valence-electron chi connectivity index (χ1n) is 6.89. The van der Waals surface area contributed by atoms with Crippen molar-refractivity contribution in [3.63, 3.8) is 0 Å². The molecule has 5 nitrogen and oxygen atoms in total. The van der Waals surface area contributed by atoms with Crippen LogP contribution in [0.25, 0.3) is 0 Å². The van der Waals surface area contributed by atoms with Crippen molar-refractivity contribution in [1.29, 1.82) is 0 Å². The number of amides is 1. The van der Waals surface area contributed by atoms with Crippen LogP contribution in [-0.2, 0) is 11.3 Å². The highest BCUT2D eigenvalue weighted by Crippen LogP contribution is 2.12. The van der Waals surface area contributed by atoms with Gasteiger partial charge >= 0.3 is 0 Å². The van der Waals surface area contributed by atoms with Gasteiger partial charge in [-0.3, -0.25) is 4.79 Å². The van der Waals surface area contributed by atoms with Crippen LogP contribution in [0.4, 0.5) is 0 Å². The number of nitrogens with one attached hydrogen (secondary N) is 1. The fourth-order valence-corrected chi connectivity index (χ4v) is 2.44. The molecule has 1 atom stereocenters. The Morgan fingerprint density at radius 2 is 2.09 bits per heavy atom. The molecule has 0 aliphatic rings. The Morgan fingerprint density at radius 1 is 1.32 bits per heavy atom. The topological polar surface area (TPSA) is 67.8 Å². The van der Waals surface area contributed by atoms with Gasteiger partial charge in [0.1, 0.15) is 5.75 Å². The number of thiophene rings is 1. The minimum absolute atomic E-state index is 0.163. The quantitative estimate of drug-likeness (QED) is 0.781. The van der Waals surface area contributed by atoms with Gasteiger partial charge in [-0.25, -0.2) is 0 Å². The van der Waals surface area contributed by atoms with Crippen molar-refractivity contribution in [3.05, 3.63) is 52.2 Å². The Morgan fingerprint density at radius 3 is 2.73 bits per heavy atom. The Bertz CT molecular complexity index is 568. The largest absolute Gasteiger partial charge is 0.497 e. The minimum atomic E-state index is -0.734. The van der Waals surface area contributed by atoms with Gasteiger partial charge in [-0.2, -0.15) is 0 Å². The summed E-state index contributed by atoms with van der Waals surface area (Å²) in [5, 5.41) is 14.3. The van der Waals surface area contributed by atoms with E-state index in [1.54, 1.807) is 13.2 Å². The van der Waals surface area contributed by atoms with E-state index in [0.29, 0.717) is 11.5 Å². The van der Waals surface area contributed by atoms with E-state index < -0.39 is 6.10 Å². The van der Waals surface area contributed by atoms with Crippen LogP contribution in [0, 0.1) is 0 Å². The van der Waals surface area contributed by atoms with Gasteiger partial charge in [0.05, 0.1) is 31.3 Å². The summed E-state index contributed by atoms with van der Waals surface area (Å²) in [6, 6.07) is 11.1. The van der Waals surface area contributed by atoms with Crippen molar-refractivity contribution in [2.75, 3.05) is 20.3 Å². The molecule has 1 aromatic carbocycles. The van der Waals surface area contributed by atoms with E-state index in [2.05, 4.69) is 5.32 Å². The lowest BCUT2D eigenvalue weighted by Crippen LogP contribution is -2.34. The molecular weight excluding hydrogens is 302 g/mol. The maximum Gasteiger partial charge on any atom is 0.261 e. The normalized spacial score (nSPS) is 11.9. The first kappa shape index (κ1) is 16.5. The number of rotatable bonds is 8. The first-order chi connectivity index (χ1) is 10.7. The third kappa shape index (κ3) is 5.14. The van der Waals surface area contributed by atoms with Crippen LogP contribution >= 0.6 is 11.3 Å². The summed E-state index contributed by atoms with van der Waals surface area (Å²) in [6.07, 6.45) is -0.734. The summed E-state index contributed by atoms with van der Waals surface area (Å²) in [5.74, 6) is 0.615. The predicted octanol–water partition coefficient (Wildman–Crippen LogP) is 2.06. The van der Waals surface area contributed by atoms with E-state index in [0.717, 1.165) is 11.3 Å². The zero-order valence-electron chi connectivity index (χ0n) is 12.3. The molecule has 2 rings (SSSR count). The van der Waals surface area contributed by atoms with Gasteiger partial charge in [0, 0.05) is 6.54 Å². The Hall–Kier alpha value is -1.89. The van der Waals surface area contributed by atoms with Crippen LogP contribution in [0.15, 0.2) is 41.8 Å². The van der Waals surface area contributed by atoms with Gasteiger partial charge in [-0.1, -0.05) is 18.2 Å². The zero-order chi connectivity index (χ0) is 15.8. The molecule has 22 heavy (non-hydrogen) atoms. The Balaban J connectivity index is 1.64. The number of methoxy groups -OCH3 is 1. The molecule has 2 N–H and O–H groups in total. The first-order valence-corrected chi connectivity index (χ1v) is 7.77. The van der Waals surface area contributed by atoms with E-state index in [4.69, 9.17) is 9.47 Å². The fraction of sp³-hybridized carbons (Fsp3) is 0.312. The summed E-state index contributed by atoms with van der Waals surface area (Å²) in [4.78, 5) is 12.3. The van der Waals surface area contributed by atoms with Crippen LogP contribution in [0.1, 0.15) is 15.2 Å². The predicted molar refractivity (Wildman–Crippen MR) is 85.3 cm³/mol. The fourth-order valence-electron chi connectivity index (χ4n) is 1.80. The summed E-state index contributed by atoms with van der Waals surface area (Å²) < 4.78 is 10.5. The molecule has 0 saturated carbocycles. The average Bonchev–Trinajstić information content (AvgIpc) is 3.08. The Labute approximate surface area is 133 Å². The molecular formula is C16H19NO4S. The summed E-state index contributed by atoms with van der Waals surface area (Å²) in [6.45, 7) is 0.732. The number of aliphatic hydroxyl groups excluding tert-OH is 1. The van der Waals surface area contributed by atoms with Crippen LogP contribution in [-0.4, -0.2) is 37.4 Å². The molecule has 1 aromatic heterocycles. The lowest BCUT2D eigenvalue weighted by molar-refractivity contribution is 0.0285. The van der Waals surface area contributed by atoms with Gasteiger partial charge in [0.2, 0.25) is 0 Å².